The van der Waals surface area contributed by atoms with E-state index in [0.29, 0.717) is 5.33 Å². The first kappa shape index (κ1) is 10.7. The molecule has 0 heterocycles. The molecule has 0 spiro atoms. The Morgan fingerprint density at radius 2 is 2.15 bits per heavy atom. The number of hydrogen-bond acceptors (Lipinski definition) is 2. The van der Waals surface area contributed by atoms with Gasteiger partial charge in [0.1, 0.15) is 0 Å². The molecule has 0 saturated heterocycles. The van der Waals surface area contributed by atoms with Crippen molar-refractivity contribution in [1.82, 2.24) is 0 Å². The molecule has 0 aromatic heterocycles. The van der Waals surface area contributed by atoms with Crippen LogP contribution in [-0.2, 0) is 5.33 Å². The minimum atomic E-state index is -0.365. The van der Waals surface area contributed by atoms with Crippen LogP contribution in [0.1, 0.15) is 11.1 Å². The van der Waals surface area contributed by atoms with Crippen molar-refractivity contribution in [3.8, 4) is 0 Å². The summed E-state index contributed by atoms with van der Waals surface area (Å²) in [5, 5.41) is 11.1. The molecule has 0 aliphatic heterocycles. The van der Waals surface area contributed by atoms with Gasteiger partial charge in [-0.3, -0.25) is 10.1 Å². The zero-order chi connectivity index (χ0) is 10.0. The lowest BCUT2D eigenvalue weighted by molar-refractivity contribution is -0.385. The summed E-state index contributed by atoms with van der Waals surface area (Å²) in [5.41, 5.74) is 1.79. The molecule has 0 bridgehead atoms. The molecule has 1 aromatic carbocycles. The minimum Gasteiger partial charge on any atom is -0.258 e. The fraction of sp³-hybridized carbons (Fsp3) is 0.250. The van der Waals surface area contributed by atoms with Gasteiger partial charge in [-0.1, -0.05) is 31.9 Å². The normalized spacial score (nSPS) is 10.1. The number of halogens is 2. The van der Waals surface area contributed by atoms with Crippen molar-refractivity contribution < 1.29 is 4.92 Å². The zero-order valence-electron chi connectivity index (χ0n) is 6.88. The van der Waals surface area contributed by atoms with Crippen LogP contribution >= 0.6 is 31.9 Å². The van der Waals surface area contributed by atoms with E-state index in [1.807, 2.05) is 6.92 Å². The van der Waals surface area contributed by atoms with Gasteiger partial charge < -0.3 is 0 Å². The van der Waals surface area contributed by atoms with Crippen LogP contribution in [-0.4, -0.2) is 4.92 Å². The molecule has 3 nitrogen and oxygen atoms in total. The average molecular weight is 309 g/mol. The molecular weight excluding hydrogens is 302 g/mol. The maximum Gasteiger partial charge on any atom is 0.273 e. The summed E-state index contributed by atoms with van der Waals surface area (Å²) in [5.74, 6) is 0. The Bertz CT molecular complexity index is 352. The Balaban J connectivity index is 3.38. The van der Waals surface area contributed by atoms with Crippen LogP contribution in [0.15, 0.2) is 16.6 Å². The number of hydrogen-bond donors (Lipinski definition) is 0. The fourth-order valence-corrected chi connectivity index (χ4v) is 2.13. The SMILES string of the molecule is Cc1c(Br)ccc([N+](=O)[O-])c1CBr. The smallest absolute Gasteiger partial charge is 0.258 e. The Morgan fingerprint density at radius 1 is 1.54 bits per heavy atom. The van der Waals surface area contributed by atoms with Gasteiger partial charge >= 0.3 is 0 Å². The molecule has 5 heteroatoms. The second kappa shape index (κ2) is 4.19. The number of nitro benzene ring substituents is 1. The van der Waals surface area contributed by atoms with Crippen molar-refractivity contribution in [2.75, 3.05) is 0 Å². The van der Waals surface area contributed by atoms with Gasteiger partial charge in [-0.2, -0.15) is 0 Å². The highest BCUT2D eigenvalue weighted by Crippen LogP contribution is 2.29. The number of nitro groups is 1. The van der Waals surface area contributed by atoms with Crippen LogP contribution in [0.2, 0.25) is 0 Å². The van der Waals surface area contributed by atoms with Crippen molar-refractivity contribution >= 4 is 37.5 Å². The molecule has 0 atom stereocenters. The molecule has 0 fully saturated rings. The maximum atomic E-state index is 10.6. The summed E-state index contributed by atoms with van der Waals surface area (Å²) in [6, 6.07) is 3.20. The van der Waals surface area contributed by atoms with E-state index in [1.54, 1.807) is 6.07 Å². The zero-order valence-corrected chi connectivity index (χ0v) is 10.1. The third kappa shape index (κ3) is 2.08. The Morgan fingerprint density at radius 3 is 2.62 bits per heavy atom. The van der Waals surface area contributed by atoms with E-state index >= 15 is 0 Å². The molecule has 0 aliphatic carbocycles. The van der Waals surface area contributed by atoms with Gasteiger partial charge in [0.15, 0.2) is 0 Å². The summed E-state index contributed by atoms with van der Waals surface area (Å²) in [7, 11) is 0. The van der Waals surface area contributed by atoms with Crippen LogP contribution < -0.4 is 0 Å². The average Bonchev–Trinajstić information content (AvgIpc) is 2.09. The van der Waals surface area contributed by atoms with E-state index in [2.05, 4.69) is 31.9 Å². The summed E-state index contributed by atoms with van der Waals surface area (Å²) in [6.45, 7) is 1.85. The monoisotopic (exact) mass is 307 g/mol. The van der Waals surface area contributed by atoms with Gasteiger partial charge in [0, 0.05) is 21.4 Å². The first-order chi connectivity index (χ1) is 6.07. The molecule has 0 unspecified atom stereocenters. The Labute approximate surface area is 92.5 Å². The summed E-state index contributed by atoms with van der Waals surface area (Å²) in [4.78, 5) is 10.2. The largest absolute Gasteiger partial charge is 0.273 e. The lowest BCUT2D eigenvalue weighted by atomic mass is 10.1. The van der Waals surface area contributed by atoms with E-state index in [9.17, 15) is 10.1 Å². The molecule has 0 aliphatic rings. The Kier molecular flexibility index (Phi) is 3.44. The molecule has 0 radical (unpaired) electrons. The quantitative estimate of drug-likeness (QED) is 0.476. The third-order valence-corrected chi connectivity index (χ3v) is 3.26. The van der Waals surface area contributed by atoms with Crippen molar-refractivity contribution in [1.29, 1.82) is 0 Å². The van der Waals surface area contributed by atoms with Crippen molar-refractivity contribution in [2.24, 2.45) is 0 Å². The molecule has 0 amide bonds. The van der Waals surface area contributed by atoms with E-state index in [0.717, 1.165) is 15.6 Å². The van der Waals surface area contributed by atoms with Crippen molar-refractivity contribution in [2.45, 2.75) is 12.3 Å². The van der Waals surface area contributed by atoms with Crippen LogP contribution in [0, 0.1) is 17.0 Å². The van der Waals surface area contributed by atoms with E-state index in [-0.39, 0.29) is 10.6 Å². The first-order valence-electron chi connectivity index (χ1n) is 3.56. The summed E-state index contributed by atoms with van der Waals surface area (Å²) < 4.78 is 0.896. The second-order valence-electron chi connectivity index (χ2n) is 2.56. The molecule has 13 heavy (non-hydrogen) atoms. The minimum absolute atomic E-state index is 0.164. The van der Waals surface area contributed by atoms with Crippen molar-refractivity contribution in [3.63, 3.8) is 0 Å². The number of nitrogens with zero attached hydrogens (tertiary/aromatic N) is 1. The van der Waals surface area contributed by atoms with Crippen LogP contribution in [0.3, 0.4) is 0 Å². The Hall–Kier alpha value is -0.420. The topological polar surface area (TPSA) is 43.1 Å². The van der Waals surface area contributed by atoms with Gasteiger partial charge in [-0.05, 0) is 18.6 Å². The molecule has 70 valence electrons. The van der Waals surface area contributed by atoms with Gasteiger partial charge in [-0.15, -0.1) is 0 Å². The van der Waals surface area contributed by atoms with Crippen LogP contribution in [0.4, 0.5) is 5.69 Å². The van der Waals surface area contributed by atoms with Crippen LogP contribution in [0.25, 0.3) is 0 Å². The number of rotatable bonds is 2. The molecule has 0 N–H and O–H groups in total. The highest BCUT2D eigenvalue weighted by molar-refractivity contribution is 9.10. The second-order valence-corrected chi connectivity index (χ2v) is 3.98. The van der Waals surface area contributed by atoms with Gasteiger partial charge in [-0.25, -0.2) is 0 Å². The standard InChI is InChI=1S/C8H7Br2NO2/c1-5-6(4-9)8(11(12)13)3-2-7(5)10/h2-3H,4H2,1H3. The van der Waals surface area contributed by atoms with E-state index in [4.69, 9.17) is 0 Å². The lowest BCUT2D eigenvalue weighted by Crippen LogP contribution is -1.96. The van der Waals surface area contributed by atoms with Gasteiger partial charge in [0.05, 0.1) is 4.92 Å². The number of alkyl halides is 1. The van der Waals surface area contributed by atoms with Crippen LogP contribution in [0.5, 0.6) is 0 Å². The molecule has 1 rings (SSSR count). The maximum absolute atomic E-state index is 10.6. The van der Waals surface area contributed by atoms with E-state index in [1.165, 1.54) is 6.07 Å². The number of benzene rings is 1. The predicted octanol–water partition coefficient (Wildman–Crippen LogP) is 3.56. The highest BCUT2D eigenvalue weighted by atomic mass is 79.9. The molecule has 1 aromatic rings. The summed E-state index contributed by atoms with van der Waals surface area (Å²) in [6.07, 6.45) is 0. The molecular formula is C8H7Br2NO2. The van der Waals surface area contributed by atoms with Gasteiger partial charge in [0.25, 0.3) is 5.69 Å². The molecule has 0 saturated carbocycles. The van der Waals surface area contributed by atoms with Gasteiger partial charge in [0.2, 0.25) is 0 Å². The lowest BCUT2D eigenvalue weighted by Gasteiger charge is -2.04. The first-order valence-corrected chi connectivity index (χ1v) is 5.47. The van der Waals surface area contributed by atoms with E-state index < -0.39 is 0 Å². The van der Waals surface area contributed by atoms with Crippen molar-refractivity contribution in [3.05, 3.63) is 37.8 Å². The highest BCUT2D eigenvalue weighted by Gasteiger charge is 2.15. The third-order valence-electron chi connectivity index (χ3n) is 1.84. The fourth-order valence-electron chi connectivity index (χ4n) is 1.05. The summed E-state index contributed by atoms with van der Waals surface area (Å²) >= 11 is 6.56. The predicted molar refractivity (Wildman–Crippen MR) is 58.2 cm³/mol.